The Bertz CT molecular complexity index is 3010. The minimum atomic E-state index is 0.878. The summed E-state index contributed by atoms with van der Waals surface area (Å²) in [5.74, 6) is 0. The lowest BCUT2D eigenvalue weighted by atomic mass is 9.97. The molecule has 0 fully saturated rings. The lowest BCUT2D eigenvalue weighted by molar-refractivity contribution is 0.645. The van der Waals surface area contributed by atoms with E-state index >= 15 is 0 Å². The summed E-state index contributed by atoms with van der Waals surface area (Å²) in [4.78, 5) is 0. The van der Waals surface area contributed by atoms with Gasteiger partial charge in [-0.15, -0.1) is 11.3 Å². The third-order valence-electron chi connectivity index (χ3n) is 9.93. The molecule has 3 nitrogen and oxygen atoms in total. The van der Waals surface area contributed by atoms with Crippen molar-refractivity contribution in [1.82, 2.24) is 9.13 Å². The number of fused-ring (bicyclic) bond motifs is 11. The molecule has 11 aromatic rings. The second kappa shape index (κ2) is 9.71. The molecule has 0 unspecified atom stereocenters. The van der Waals surface area contributed by atoms with Gasteiger partial charge in [-0.05, 0) is 77.9 Å². The third kappa shape index (κ3) is 3.52. The number of rotatable bonds is 3. The van der Waals surface area contributed by atoms with Crippen LogP contribution >= 0.6 is 11.3 Å². The van der Waals surface area contributed by atoms with Gasteiger partial charge in [-0.1, -0.05) is 91.0 Å². The molecule has 0 saturated heterocycles. The highest BCUT2D eigenvalue weighted by Gasteiger charge is 2.22. The molecule has 7 aromatic carbocycles. The Hall–Kier alpha value is -6.10. The summed E-state index contributed by atoms with van der Waals surface area (Å²) in [7, 11) is 0. The van der Waals surface area contributed by atoms with Crippen molar-refractivity contribution in [1.29, 1.82) is 0 Å². The summed E-state index contributed by atoms with van der Waals surface area (Å²) in [5, 5.41) is 8.62. The van der Waals surface area contributed by atoms with Gasteiger partial charge in [0.1, 0.15) is 5.58 Å². The van der Waals surface area contributed by atoms with Crippen LogP contribution in [0.25, 0.3) is 97.5 Å². The van der Waals surface area contributed by atoms with Gasteiger partial charge < -0.3 is 8.98 Å². The maximum atomic E-state index is 6.60. The first-order chi connectivity index (χ1) is 23.8. The molecule has 0 aliphatic heterocycles. The van der Waals surface area contributed by atoms with Crippen LogP contribution in [0.15, 0.2) is 162 Å². The maximum absolute atomic E-state index is 6.60. The van der Waals surface area contributed by atoms with Crippen LogP contribution in [0.5, 0.6) is 0 Å². The van der Waals surface area contributed by atoms with E-state index in [-0.39, 0.29) is 0 Å². The number of nitrogens with zero attached hydrogens (tertiary/aromatic N) is 2. The second-order valence-electron chi connectivity index (χ2n) is 12.5. The monoisotopic (exact) mass is 630 g/mol. The van der Waals surface area contributed by atoms with E-state index in [1.165, 1.54) is 64.2 Å². The Balaban J connectivity index is 1.18. The molecule has 11 rings (SSSR count). The summed E-state index contributed by atoms with van der Waals surface area (Å²) < 4.78 is 13.9. The Morgan fingerprint density at radius 3 is 1.85 bits per heavy atom. The molecule has 4 heteroatoms. The number of benzene rings is 7. The zero-order valence-corrected chi connectivity index (χ0v) is 26.5. The molecule has 0 spiro atoms. The van der Waals surface area contributed by atoms with Crippen molar-refractivity contribution < 1.29 is 4.42 Å². The van der Waals surface area contributed by atoms with Gasteiger partial charge in [0.2, 0.25) is 5.71 Å². The van der Waals surface area contributed by atoms with Gasteiger partial charge in [-0.2, -0.15) is 0 Å². The number of thiophene rings is 1. The van der Waals surface area contributed by atoms with E-state index in [0.717, 1.165) is 33.3 Å². The molecule has 0 aliphatic rings. The minimum absolute atomic E-state index is 0.878. The van der Waals surface area contributed by atoms with Gasteiger partial charge in [0.05, 0.1) is 21.9 Å². The highest BCUT2D eigenvalue weighted by Crippen LogP contribution is 2.45. The molecule has 48 heavy (non-hydrogen) atoms. The number of furan rings is 1. The van der Waals surface area contributed by atoms with Crippen molar-refractivity contribution >= 4 is 86.3 Å². The van der Waals surface area contributed by atoms with E-state index in [4.69, 9.17) is 4.42 Å². The summed E-state index contributed by atoms with van der Waals surface area (Å²) in [6.45, 7) is 0. The van der Waals surface area contributed by atoms with Crippen LogP contribution in [0.2, 0.25) is 0 Å². The molecule has 0 amide bonds. The largest absolute Gasteiger partial charge is 0.439 e. The third-order valence-corrected chi connectivity index (χ3v) is 11.1. The molecule has 0 bridgehead atoms. The van der Waals surface area contributed by atoms with Crippen molar-refractivity contribution in [2.75, 3.05) is 0 Å². The Morgan fingerprint density at radius 1 is 0.417 bits per heavy atom. The van der Waals surface area contributed by atoms with Crippen molar-refractivity contribution in [3.05, 3.63) is 158 Å². The van der Waals surface area contributed by atoms with E-state index in [2.05, 4.69) is 161 Å². The molecule has 0 aliphatic carbocycles. The van der Waals surface area contributed by atoms with E-state index in [9.17, 15) is 0 Å². The van der Waals surface area contributed by atoms with Gasteiger partial charge in [0.25, 0.3) is 0 Å². The topological polar surface area (TPSA) is 23.0 Å². The molecule has 0 atom stereocenters. The highest BCUT2D eigenvalue weighted by atomic mass is 32.1. The predicted molar refractivity (Wildman–Crippen MR) is 203 cm³/mol. The fraction of sp³-hybridized carbons (Fsp3) is 0. The van der Waals surface area contributed by atoms with Crippen molar-refractivity contribution in [3.63, 3.8) is 0 Å². The van der Waals surface area contributed by atoms with Crippen LogP contribution in [-0.4, -0.2) is 9.13 Å². The van der Waals surface area contributed by atoms with E-state index in [1.54, 1.807) is 0 Å². The molecule has 0 radical (unpaired) electrons. The van der Waals surface area contributed by atoms with Crippen molar-refractivity contribution in [2.45, 2.75) is 0 Å². The van der Waals surface area contributed by atoms with Crippen LogP contribution in [0.4, 0.5) is 0 Å². The molecule has 0 saturated carbocycles. The Morgan fingerprint density at radius 2 is 1.06 bits per heavy atom. The average Bonchev–Trinajstić information content (AvgIpc) is 3.88. The summed E-state index contributed by atoms with van der Waals surface area (Å²) in [6.07, 6.45) is 0. The standard InChI is InChI=1S/C44H26N2OS/c1-2-11-28(12-3-1)46-38-19-10-16-30(42(38)43-33-15-6-9-20-39(33)47-44(43)46)27-21-23-40-34(25-27)35-26-29(22-24-41(35)48-40)45-36-17-7-4-13-31(36)32-14-5-8-18-37(32)45/h1-26H. The lowest BCUT2D eigenvalue weighted by Crippen LogP contribution is -1.93. The van der Waals surface area contributed by atoms with Crippen molar-refractivity contribution in [3.8, 4) is 22.5 Å². The SMILES string of the molecule is c1ccc(-n2c3cccc(-c4ccc5sc6ccc(-n7c8ccccc8c8ccccc87)cc6c5c4)c3c3c4ccccc4oc32)cc1. The van der Waals surface area contributed by atoms with Crippen molar-refractivity contribution in [2.24, 2.45) is 0 Å². The first-order valence-electron chi connectivity index (χ1n) is 16.3. The van der Waals surface area contributed by atoms with Crippen LogP contribution < -0.4 is 0 Å². The molecule has 4 aromatic heterocycles. The molecular formula is C44H26N2OS. The van der Waals surface area contributed by atoms with Gasteiger partial charge in [-0.25, -0.2) is 0 Å². The quantitative estimate of drug-likeness (QED) is 0.190. The highest BCUT2D eigenvalue weighted by molar-refractivity contribution is 7.25. The summed E-state index contributed by atoms with van der Waals surface area (Å²) in [6, 6.07) is 56.9. The fourth-order valence-corrected chi connectivity index (χ4v) is 8.94. The Kier molecular flexibility index (Phi) is 5.26. The molecule has 4 heterocycles. The average molecular weight is 631 g/mol. The number of aromatic nitrogens is 2. The first kappa shape index (κ1) is 26.0. The lowest BCUT2D eigenvalue weighted by Gasteiger charge is -2.09. The summed E-state index contributed by atoms with van der Waals surface area (Å²) >= 11 is 1.86. The van der Waals surface area contributed by atoms with E-state index in [1.807, 2.05) is 17.4 Å². The van der Waals surface area contributed by atoms with Gasteiger partial charge in [-0.3, -0.25) is 4.57 Å². The second-order valence-corrected chi connectivity index (χ2v) is 13.6. The first-order valence-corrected chi connectivity index (χ1v) is 17.1. The molecule has 0 N–H and O–H groups in total. The zero-order chi connectivity index (χ0) is 31.3. The smallest absolute Gasteiger partial charge is 0.213 e. The van der Waals surface area contributed by atoms with Crippen LogP contribution in [-0.2, 0) is 0 Å². The maximum Gasteiger partial charge on any atom is 0.213 e. The van der Waals surface area contributed by atoms with Gasteiger partial charge in [0, 0.05) is 53.1 Å². The predicted octanol–water partition coefficient (Wildman–Crippen LogP) is 12.7. The van der Waals surface area contributed by atoms with E-state index < -0.39 is 0 Å². The van der Waals surface area contributed by atoms with Gasteiger partial charge >= 0.3 is 0 Å². The summed E-state index contributed by atoms with van der Waals surface area (Å²) in [5.41, 5.74) is 10.1. The normalized spacial score (nSPS) is 12.2. The molecule has 224 valence electrons. The fourth-order valence-electron chi connectivity index (χ4n) is 7.88. The minimum Gasteiger partial charge on any atom is -0.439 e. The van der Waals surface area contributed by atoms with E-state index in [0.29, 0.717) is 0 Å². The van der Waals surface area contributed by atoms with Crippen LogP contribution in [0.3, 0.4) is 0 Å². The van der Waals surface area contributed by atoms with Crippen LogP contribution in [0, 0.1) is 0 Å². The Labute approximate surface area is 279 Å². The zero-order valence-electron chi connectivity index (χ0n) is 25.7. The number of hydrogen-bond donors (Lipinski definition) is 0. The van der Waals surface area contributed by atoms with Crippen LogP contribution in [0.1, 0.15) is 0 Å². The van der Waals surface area contributed by atoms with Gasteiger partial charge in [0.15, 0.2) is 0 Å². The molecular weight excluding hydrogens is 605 g/mol. The number of para-hydroxylation sites is 4. The number of hydrogen-bond acceptors (Lipinski definition) is 2.